The highest BCUT2D eigenvalue weighted by atomic mass is 32.2. The van der Waals surface area contributed by atoms with Gasteiger partial charge in [-0.05, 0) is 36.0 Å². The molecule has 1 fully saturated rings. The number of hydrogen-bond acceptors (Lipinski definition) is 3. The maximum Gasteiger partial charge on any atom is 0.232 e. The molecule has 3 nitrogen and oxygen atoms in total. The number of nitrogens with zero attached hydrogens (tertiary/aromatic N) is 1. The minimum atomic E-state index is -0.301. The normalized spacial score (nSPS) is 17.7. The molecule has 1 atom stereocenters. The number of likely N-dealkylation sites (tertiary alicyclic amines) is 1. The smallest absolute Gasteiger partial charge is 0.232 e. The molecule has 1 heterocycles. The van der Waals surface area contributed by atoms with Crippen molar-refractivity contribution in [2.45, 2.75) is 44.5 Å². The summed E-state index contributed by atoms with van der Waals surface area (Å²) >= 11 is 1.70. The Morgan fingerprint density at radius 3 is 2.50 bits per heavy atom. The summed E-state index contributed by atoms with van der Waals surface area (Å²) in [4.78, 5) is 14.1. The third-order valence-electron chi connectivity index (χ3n) is 4.26. The molecule has 1 saturated heterocycles. The quantitative estimate of drug-likeness (QED) is 0.876. The van der Waals surface area contributed by atoms with Crippen LogP contribution in [0.1, 0.15) is 32.3 Å². The van der Waals surface area contributed by atoms with Gasteiger partial charge in [0.05, 0.1) is 11.9 Å². The number of aliphatic hydroxyl groups excluding tert-OH is 1. The molecule has 1 amide bonds. The minimum Gasteiger partial charge on any atom is -0.392 e. The van der Waals surface area contributed by atoms with Gasteiger partial charge in [-0.25, -0.2) is 0 Å². The molecule has 0 spiro atoms. The molecule has 1 aliphatic rings. The molecule has 1 aliphatic heterocycles. The molecule has 122 valence electrons. The summed E-state index contributed by atoms with van der Waals surface area (Å²) in [7, 11) is 0. The van der Waals surface area contributed by atoms with Crippen LogP contribution in [0.4, 0.5) is 0 Å². The Labute approximate surface area is 138 Å². The fourth-order valence-electron chi connectivity index (χ4n) is 2.89. The first kappa shape index (κ1) is 17.4. The lowest BCUT2D eigenvalue weighted by Gasteiger charge is -2.34. The second-order valence-corrected chi connectivity index (χ2v) is 7.90. The summed E-state index contributed by atoms with van der Waals surface area (Å²) < 4.78 is 0. The van der Waals surface area contributed by atoms with Gasteiger partial charge < -0.3 is 10.0 Å². The summed E-state index contributed by atoms with van der Waals surface area (Å²) in [6.07, 6.45) is 2.23. The van der Waals surface area contributed by atoms with Crippen LogP contribution in [0, 0.1) is 5.92 Å². The zero-order valence-electron chi connectivity index (χ0n) is 13.6. The average Bonchev–Trinajstić information content (AvgIpc) is 2.53. The Balaban J connectivity index is 1.75. The Bertz CT molecular complexity index is 455. The van der Waals surface area contributed by atoms with Gasteiger partial charge in [0, 0.05) is 13.1 Å². The van der Waals surface area contributed by atoms with E-state index in [9.17, 15) is 9.90 Å². The molecule has 0 bridgehead atoms. The first-order chi connectivity index (χ1) is 10.6. The number of carbonyl (C=O) groups excluding carboxylic acids is 1. The van der Waals surface area contributed by atoms with E-state index in [2.05, 4.69) is 26.0 Å². The first-order valence-electron chi connectivity index (χ1n) is 8.17. The van der Waals surface area contributed by atoms with E-state index in [-0.39, 0.29) is 12.0 Å². The summed E-state index contributed by atoms with van der Waals surface area (Å²) in [5.41, 5.74) is 1.18. The highest BCUT2D eigenvalue weighted by Crippen LogP contribution is 2.24. The van der Waals surface area contributed by atoms with Crippen molar-refractivity contribution in [3.8, 4) is 0 Å². The SMILES string of the molecule is CC(C)SCC(=O)N1CCC([C@H](O)Cc2ccccc2)CC1. The van der Waals surface area contributed by atoms with Crippen LogP contribution in [-0.2, 0) is 11.2 Å². The van der Waals surface area contributed by atoms with Gasteiger partial charge in [0.2, 0.25) is 5.91 Å². The Morgan fingerprint density at radius 2 is 1.91 bits per heavy atom. The van der Waals surface area contributed by atoms with Gasteiger partial charge >= 0.3 is 0 Å². The van der Waals surface area contributed by atoms with E-state index in [0.717, 1.165) is 25.9 Å². The molecule has 0 aromatic heterocycles. The molecule has 0 saturated carbocycles. The van der Waals surface area contributed by atoms with E-state index in [1.165, 1.54) is 5.56 Å². The highest BCUT2D eigenvalue weighted by Gasteiger charge is 2.27. The molecule has 2 rings (SSSR count). The molecule has 22 heavy (non-hydrogen) atoms. The van der Waals surface area contributed by atoms with Crippen LogP contribution < -0.4 is 0 Å². The lowest BCUT2D eigenvalue weighted by molar-refractivity contribution is -0.130. The first-order valence-corrected chi connectivity index (χ1v) is 9.22. The van der Waals surface area contributed by atoms with Gasteiger partial charge in [-0.3, -0.25) is 4.79 Å². The number of piperidine rings is 1. The van der Waals surface area contributed by atoms with Crippen LogP contribution in [-0.4, -0.2) is 46.1 Å². The topological polar surface area (TPSA) is 40.5 Å². The monoisotopic (exact) mass is 321 g/mol. The third kappa shape index (κ3) is 5.33. The third-order valence-corrected chi connectivity index (χ3v) is 5.34. The maximum absolute atomic E-state index is 12.1. The highest BCUT2D eigenvalue weighted by molar-refractivity contribution is 8.00. The predicted octanol–water partition coefficient (Wildman–Crippen LogP) is 2.97. The Morgan fingerprint density at radius 1 is 1.27 bits per heavy atom. The molecule has 0 radical (unpaired) electrons. The standard InChI is InChI=1S/C18H27NO2S/c1-14(2)22-13-18(21)19-10-8-16(9-11-19)17(20)12-15-6-4-3-5-7-15/h3-7,14,16-17,20H,8-13H2,1-2H3/t17-/m1/s1. The van der Waals surface area contributed by atoms with Crippen LogP contribution in [0.3, 0.4) is 0 Å². The fourth-order valence-corrected chi connectivity index (χ4v) is 3.54. The van der Waals surface area contributed by atoms with Crippen molar-refractivity contribution in [2.75, 3.05) is 18.8 Å². The van der Waals surface area contributed by atoms with E-state index in [1.807, 2.05) is 23.1 Å². The minimum absolute atomic E-state index is 0.245. The van der Waals surface area contributed by atoms with Crippen molar-refractivity contribution in [1.29, 1.82) is 0 Å². The van der Waals surface area contributed by atoms with Gasteiger partial charge in [-0.1, -0.05) is 44.2 Å². The summed E-state index contributed by atoms with van der Waals surface area (Å²) in [6, 6.07) is 10.1. The van der Waals surface area contributed by atoms with Gasteiger partial charge in [0.1, 0.15) is 0 Å². The number of amides is 1. The van der Waals surface area contributed by atoms with Crippen molar-refractivity contribution in [2.24, 2.45) is 5.92 Å². The second-order valence-electron chi connectivity index (χ2n) is 6.34. The molecule has 0 aliphatic carbocycles. The molecular formula is C18H27NO2S. The van der Waals surface area contributed by atoms with Gasteiger partial charge in [-0.2, -0.15) is 0 Å². The molecule has 1 N–H and O–H groups in total. The lowest BCUT2D eigenvalue weighted by Crippen LogP contribution is -2.42. The van der Waals surface area contributed by atoms with Crippen LogP contribution in [0.15, 0.2) is 30.3 Å². The van der Waals surface area contributed by atoms with Crippen LogP contribution in [0.25, 0.3) is 0 Å². The number of carbonyl (C=O) groups is 1. The van der Waals surface area contributed by atoms with E-state index >= 15 is 0 Å². The van der Waals surface area contributed by atoms with E-state index in [4.69, 9.17) is 0 Å². The predicted molar refractivity (Wildman–Crippen MR) is 93.1 cm³/mol. The zero-order chi connectivity index (χ0) is 15.9. The van der Waals surface area contributed by atoms with E-state index in [1.54, 1.807) is 11.8 Å². The van der Waals surface area contributed by atoms with Crippen LogP contribution in [0.5, 0.6) is 0 Å². The second kappa shape index (κ2) is 8.59. The van der Waals surface area contributed by atoms with Crippen molar-refractivity contribution in [1.82, 2.24) is 4.90 Å². The van der Waals surface area contributed by atoms with Crippen molar-refractivity contribution >= 4 is 17.7 Å². The van der Waals surface area contributed by atoms with E-state index < -0.39 is 0 Å². The molecule has 1 aromatic rings. The Kier molecular flexibility index (Phi) is 6.77. The Hall–Kier alpha value is -1.00. The number of rotatable bonds is 6. The zero-order valence-corrected chi connectivity index (χ0v) is 14.4. The largest absolute Gasteiger partial charge is 0.392 e. The molecule has 1 aromatic carbocycles. The van der Waals surface area contributed by atoms with Crippen LogP contribution >= 0.6 is 11.8 Å². The van der Waals surface area contributed by atoms with Crippen molar-refractivity contribution in [3.05, 3.63) is 35.9 Å². The lowest BCUT2D eigenvalue weighted by atomic mass is 9.88. The average molecular weight is 321 g/mol. The number of aliphatic hydroxyl groups is 1. The molecule has 4 heteroatoms. The van der Waals surface area contributed by atoms with Gasteiger partial charge in [0.25, 0.3) is 0 Å². The van der Waals surface area contributed by atoms with Gasteiger partial charge in [-0.15, -0.1) is 11.8 Å². The summed E-state index contributed by atoms with van der Waals surface area (Å²) in [5, 5.41) is 10.9. The summed E-state index contributed by atoms with van der Waals surface area (Å²) in [5.74, 6) is 1.13. The number of benzene rings is 1. The van der Waals surface area contributed by atoms with Gasteiger partial charge in [0.15, 0.2) is 0 Å². The molecular weight excluding hydrogens is 294 g/mol. The number of thioether (sulfide) groups is 1. The van der Waals surface area contributed by atoms with Crippen molar-refractivity contribution in [3.63, 3.8) is 0 Å². The van der Waals surface area contributed by atoms with Crippen LogP contribution in [0.2, 0.25) is 0 Å². The number of hydrogen-bond donors (Lipinski definition) is 1. The maximum atomic E-state index is 12.1. The summed E-state index contributed by atoms with van der Waals surface area (Å²) in [6.45, 7) is 5.80. The van der Waals surface area contributed by atoms with E-state index in [0.29, 0.717) is 23.3 Å². The van der Waals surface area contributed by atoms with Crippen molar-refractivity contribution < 1.29 is 9.90 Å². The fraction of sp³-hybridized carbons (Fsp3) is 0.611. The molecule has 0 unspecified atom stereocenters.